The fraction of sp³-hybridized carbons (Fsp3) is 0.286. The van der Waals surface area contributed by atoms with Gasteiger partial charge in [0.15, 0.2) is 0 Å². The molecule has 134 valence electrons. The second-order valence-corrected chi connectivity index (χ2v) is 7.72. The third-order valence-corrected chi connectivity index (χ3v) is 6.20. The van der Waals surface area contributed by atoms with Crippen molar-refractivity contribution >= 4 is 27.4 Å². The van der Waals surface area contributed by atoms with E-state index in [9.17, 15) is 9.90 Å². The zero-order valence-corrected chi connectivity index (χ0v) is 15.4. The fourth-order valence-electron chi connectivity index (χ4n) is 3.83. The fourth-order valence-corrected chi connectivity index (χ4v) is 5.05. The first kappa shape index (κ1) is 17.1. The number of ether oxygens (including phenoxy) is 1. The zero-order chi connectivity index (χ0) is 18.1. The summed E-state index contributed by atoms with van der Waals surface area (Å²) in [6.07, 6.45) is 1.60. The number of likely N-dealkylation sites (tertiary alicyclic amines) is 1. The summed E-state index contributed by atoms with van der Waals surface area (Å²) >= 11 is 1.74. The van der Waals surface area contributed by atoms with E-state index in [-0.39, 0.29) is 6.04 Å². The van der Waals surface area contributed by atoms with Gasteiger partial charge in [0.1, 0.15) is 11.8 Å². The van der Waals surface area contributed by atoms with Gasteiger partial charge in [0.25, 0.3) is 0 Å². The van der Waals surface area contributed by atoms with Crippen molar-refractivity contribution in [2.75, 3.05) is 13.7 Å². The highest BCUT2D eigenvalue weighted by atomic mass is 32.1. The zero-order valence-electron chi connectivity index (χ0n) is 14.6. The van der Waals surface area contributed by atoms with Crippen molar-refractivity contribution < 1.29 is 14.6 Å². The van der Waals surface area contributed by atoms with Crippen molar-refractivity contribution in [2.45, 2.75) is 24.9 Å². The molecule has 0 aliphatic carbocycles. The van der Waals surface area contributed by atoms with Crippen LogP contribution < -0.4 is 4.74 Å². The van der Waals surface area contributed by atoms with E-state index in [0.717, 1.165) is 24.3 Å². The summed E-state index contributed by atoms with van der Waals surface area (Å²) in [5, 5.41) is 10.9. The number of carbonyl (C=O) groups is 1. The Kier molecular flexibility index (Phi) is 4.66. The third kappa shape index (κ3) is 3.08. The lowest BCUT2D eigenvalue weighted by Crippen LogP contribution is -2.39. The van der Waals surface area contributed by atoms with Crippen LogP contribution in [0.3, 0.4) is 0 Å². The van der Waals surface area contributed by atoms with Gasteiger partial charge >= 0.3 is 5.97 Å². The molecule has 2 unspecified atom stereocenters. The number of carboxylic acids is 1. The second kappa shape index (κ2) is 7.09. The van der Waals surface area contributed by atoms with E-state index in [0.29, 0.717) is 6.42 Å². The quantitative estimate of drug-likeness (QED) is 0.719. The molecule has 2 aromatic carbocycles. The molecular formula is C21H21NO3S. The Hall–Kier alpha value is -2.37. The SMILES string of the molecule is COc1cccc(C(c2cc3ccccc3s2)N2CCCC2C(=O)O)c1. The van der Waals surface area contributed by atoms with Gasteiger partial charge in [0.2, 0.25) is 0 Å². The molecule has 1 aliphatic rings. The van der Waals surface area contributed by atoms with Crippen LogP contribution in [0.4, 0.5) is 0 Å². The number of thiophene rings is 1. The van der Waals surface area contributed by atoms with Crippen molar-refractivity contribution in [1.29, 1.82) is 0 Å². The minimum atomic E-state index is -0.739. The van der Waals surface area contributed by atoms with Crippen molar-refractivity contribution in [3.8, 4) is 5.75 Å². The highest BCUT2D eigenvalue weighted by Crippen LogP contribution is 2.40. The summed E-state index contributed by atoms with van der Waals surface area (Å²) in [7, 11) is 1.66. The van der Waals surface area contributed by atoms with E-state index in [1.165, 1.54) is 15.0 Å². The van der Waals surface area contributed by atoms with Gasteiger partial charge in [-0.05, 0) is 48.1 Å². The first-order valence-corrected chi connectivity index (χ1v) is 9.60. The van der Waals surface area contributed by atoms with Crippen LogP contribution in [0.2, 0.25) is 0 Å². The summed E-state index contributed by atoms with van der Waals surface area (Å²) in [5.41, 5.74) is 1.07. The maximum atomic E-state index is 11.8. The molecule has 2 heterocycles. The van der Waals surface area contributed by atoms with Gasteiger partial charge in [-0.3, -0.25) is 9.69 Å². The van der Waals surface area contributed by atoms with Gasteiger partial charge in [-0.1, -0.05) is 30.3 Å². The van der Waals surface area contributed by atoms with E-state index in [2.05, 4.69) is 29.2 Å². The molecule has 0 amide bonds. The Morgan fingerprint density at radius 1 is 1.23 bits per heavy atom. The molecule has 0 radical (unpaired) electrons. The lowest BCUT2D eigenvalue weighted by atomic mass is 10.0. The van der Waals surface area contributed by atoms with Crippen molar-refractivity contribution in [2.24, 2.45) is 0 Å². The number of aliphatic carboxylic acids is 1. The first-order valence-electron chi connectivity index (χ1n) is 8.78. The Balaban J connectivity index is 1.84. The molecule has 0 bridgehead atoms. The van der Waals surface area contributed by atoms with Crippen LogP contribution in [-0.2, 0) is 4.79 Å². The number of carboxylic acid groups (broad SMARTS) is 1. The topological polar surface area (TPSA) is 49.8 Å². The molecule has 5 heteroatoms. The van der Waals surface area contributed by atoms with Crippen LogP contribution in [0.25, 0.3) is 10.1 Å². The van der Waals surface area contributed by atoms with Crippen LogP contribution in [0, 0.1) is 0 Å². The lowest BCUT2D eigenvalue weighted by molar-refractivity contribution is -0.142. The summed E-state index contributed by atoms with van der Waals surface area (Å²) < 4.78 is 6.63. The molecule has 0 spiro atoms. The number of hydrogen-bond donors (Lipinski definition) is 1. The molecule has 26 heavy (non-hydrogen) atoms. The van der Waals surface area contributed by atoms with Crippen molar-refractivity contribution in [1.82, 2.24) is 4.90 Å². The summed E-state index contributed by atoms with van der Waals surface area (Å²) in [5.74, 6) is 0.0520. The number of hydrogen-bond acceptors (Lipinski definition) is 4. The standard InChI is InChI=1S/C21H21NO3S/c1-25-16-8-4-7-15(12-16)20(22-11-5-9-17(22)21(23)24)19-13-14-6-2-3-10-18(14)26-19/h2-4,6-8,10,12-13,17,20H,5,9,11H2,1H3,(H,23,24). The Morgan fingerprint density at radius 2 is 2.08 bits per heavy atom. The van der Waals surface area contributed by atoms with Gasteiger partial charge in [-0.25, -0.2) is 0 Å². The van der Waals surface area contributed by atoms with Crippen LogP contribution in [0.1, 0.15) is 29.3 Å². The number of nitrogens with zero attached hydrogens (tertiary/aromatic N) is 1. The molecule has 4 rings (SSSR count). The number of fused-ring (bicyclic) bond motifs is 1. The van der Waals surface area contributed by atoms with Crippen LogP contribution >= 0.6 is 11.3 Å². The third-order valence-electron chi connectivity index (χ3n) is 5.03. The van der Waals surface area contributed by atoms with E-state index in [1.807, 2.05) is 30.3 Å². The monoisotopic (exact) mass is 367 g/mol. The molecule has 1 saturated heterocycles. The van der Waals surface area contributed by atoms with Crippen LogP contribution in [-0.4, -0.2) is 35.7 Å². The van der Waals surface area contributed by atoms with E-state index in [4.69, 9.17) is 4.74 Å². The summed E-state index contributed by atoms with van der Waals surface area (Å²) in [6, 6.07) is 17.9. The number of benzene rings is 2. The van der Waals surface area contributed by atoms with Crippen molar-refractivity contribution in [3.63, 3.8) is 0 Å². The minimum absolute atomic E-state index is 0.0777. The average Bonchev–Trinajstić information content (AvgIpc) is 3.29. The van der Waals surface area contributed by atoms with E-state index < -0.39 is 12.0 Å². The number of rotatable bonds is 5. The molecule has 1 fully saturated rings. The van der Waals surface area contributed by atoms with E-state index >= 15 is 0 Å². The minimum Gasteiger partial charge on any atom is -0.497 e. The van der Waals surface area contributed by atoms with Gasteiger partial charge in [0.05, 0.1) is 13.2 Å². The Morgan fingerprint density at radius 3 is 2.85 bits per heavy atom. The highest BCUT2D eigenvalue weighted by molar-refractivity contribution is 7.19. The van der Waals surface area contributed by atoms with Crippen LogP contribution in [0.5, 0.6) is 5.75 Å². The van der Waals surface area contributed by atoms with Crippen LogP contribution in [0.15, 0.2) is 54.6 Å². The van der Waals surface area contributed by atoms with Gasteiger partial charge in [0, 0.05) is 16.1 Å². The maximum absolute atomic E-state index is 11.8. The second-order valence-electron chi connectivity index (χ2n) is 6.60. The van der Waals surface area contributed by atoms with Gasteiger partial charge in [-0.15, -0.1) is 11.3 Å². The predicted octanol–water partition coefficient (Wildman–Crippen LogP) is 4.55. The summed E-state index contributed by atoms with van der Waals surface area (Å²) in [4.78, 5) is 15.1. The van der Waals surface area contributed by atoms with Gasteiger partial charge in [-0.2, -0.15) is 0 Å². The molecule has 4 nitrogen and oxygen atoms in total. The molecule has 2 atom stereocenters. The van der Waals surface area contributed by atoms with Crippen molar-refractivity contribution in [3.05, 3.63) is 65.0 Å². The smallest absolute Gasteiger partial charge is 0.320 e. The van der Waals surface area contributed by atoms with E-state index in [1.54, 1.807) is 18.4 Å². The number of methoxy groups -OCH3 is 1. The molecule has 1 aliphatic heterocycles. The maximum Gasteiger partial charge on any atom is 0.320 e. The lowest BCUT2D eigenvalue weighted by Gasteiger charge is -2.31. The summed E-state index contributed by atoms with van der Waals surface area (Å²) in [6.45, 7) is 0.785. The normalized spacial score (nSPS) is 18.9. The average molecular weight is 367 g/mol. The highest BCUT2D eigenvalue weighted by Gasteiger charge is 2.37. The molecule has 0 saturated carbocycles. The molecule has 3 aromatic rings. The Bertz CT molecular complexity index is 903. The predicted molar refractivity (Wildman–Crippen MR) is 104 cm³/mol. The molecule has 1 N–H and O–H groups in total. The van der Waals surface area contributed by atoms with Gasteiger partial charge < -0.3 is 9.84 Å². The first-order chi connectivity index (χ1) is 12.7. The molecular weight excluding hydrogens is 346 g/mol. The largest absolute Gasteiger partial charge is 0.497 e. The Labute approximate surface area is 156 Å². The molecule has 1 aromatic heterocycles.